The lowest BCUT2D eigenvalue weighted by molar-refractivity contribution is -0.126. The van der Waals surface area contributed by atoms with Crippen LogP contribution in [0.3, 0.4) is 0 Å². The lowest BCUT2D eigenvalue weighted by atomic mass is 10.00. The van der Waals surface area contributed by atoms with Crippen LogP contribution < -0.4 is 15.4 Å². The number of rotatable bonds is 9. The fraction of sp³-hybridized carbons (Fsp3) is 0.276. The monoisotopic (exact) mass is 501 g/mol. The summed E-state index contributed by atoms with van der Waals surface area (Å²) in [6.45, 7) is 4.77. The molecule has 0 aliphatic carbocycles. The van der Waals surface area contributed by atoms with Gasteiger partial charge in [0, 0.05) is 17.8 Å². The second-order valence-electron chi connectivity index (χ2n) is 9.31. The summed E-state index contributed by atoms with van der Waals surface area (Å²) in [7, 11) is 1.57. The molecule has 1 heterocycles. The van der Waals surface area contributed by atoms with E-state index in [4.69, 9.17) is 9.47 Å². The highest BCUT2D eigenvalue weighted by molar-refractivity contribution is 6.04. The molecule has 1 aliphatic rings. The minimum atomic E-state index is -0.828. The maximum Gasteiger partial charge on any atom is 0.411 e. The van der Waals surface area contributed by atoms with Crippen LogP contribution in [0.15, 0.2) is 78.9 Å². The lowest BCUT2D eigenvalue weighted by Gasteiger charge is -2.24. The number of cyclic esters (lactones) is 1. The molecule has 192 valence electrons. The summed E-state index contributed by atoms with van der Waals surface area (Å²) in [4.78, 5) is 40.2. The zero-order valence-corrected chi connectivity index (χ0v) is 21.1. The number of methoxy groups -OCH3 is 1. The summed E-state index contributed by atoms with van der Waals surface area (Å²) < 4.78 is 10.8. The first kappa shape index (κ1) is 25.8. The minimum Gasteiger partial charge on any atom is -0.497 e. The first-order chi connectivity index (χ1) is 17.9. The average molecular weight is 502 g/mol. The molecule has 3 amide bonds. The number of benzene rings is 3. The van der Waals surface area contributed by atoms with Crippen molar-refractivity contribution in [2.45, 2.75) is 32.5 Å². The first-order valence-corrected chi connectivity index (χ1v) is 12.2. The SMILES string of the molecule is COc1ccc(C(=O)Nc2ccc(C3OC(=O)N(Cc4ccccc4)C3C(=O)NCC(C)C)cc2)cc1. The zero-order chi connectivity index (χ0) is 26.4. The molecule has 3 aromatic carbocycles. The van der Waals surface area contributed by atoms with Crippen LogP contribution in [0.5, 0.6) is 5.75 Å². The number of carbonyl (C=O) groups excluding carboxylic acids is 3. The molecule has 8 nitrogen and oxygen atoms in total. The third-order valence-corrected chi connectivity index (χ3v) is 6.08. The van der Waals surface area contributed by atoms with E-state index in [1.54, 1.807) is 55.6 Å². The highest BCUT2D eigenvalue weighted by Crippen LogP contribution is 2.34. The molecule has 8 heteroatoms. The van der Waals surface area contributed by atoms with E-state index in [0.717, 1.165) is 5.56 Å². The van der Waals surface area contributed by atoms with E-state index < -0.39 is 18.2 Å². The highest BCUT2D eigenvalue weighted by atomic mass is 16.6. The van der Waals surface area contributed by atoms with E-state index in [1.165, 1.54) is 4.90 Å². The van der Waals surface area contributed by atoms with Gasteiger partial charge in [0.05, 0.1) is 13.7 Å². The van der Waals surface area contributed by atoms with Crippen molar-refractivity contribution < 1.29 is 23.9 Å². The Morgan fingerprint density at radius 2 is 1.65 bits per heavy atom. The quantitative estimate of drug-likeness (QED) is 0.440. The molecule has 2 atom stereocenters. The smallest absolute Gasteiger partial charge is 0.411 e. The summed E-state index contributed by atoms with van der Waals surface area (Å²) in [6, 6.07) is 22.5. The van der Waals surface area contributed by atoms with Crippen molar-refractivity contribution in [1.82, 2.24) is 10.2 Å². The molecule has 0 bridgehead atoms. The normalized spacial score (nSPS) is 16.9. The van der Waals surface area contributed by atoms with Crippen molar-refractivity contribution in [3.8, 4) is 5.75 Å². The molecular weight excluding hydrogens is 470 g/mol. The van der Waals surface area contributed by atoms with E-state index in [2.05, 4.69) is 10.6 Å². The van der Waals surface area contributed by atoms with Crippen molar-refractivity contribution in [2.24, 2.45) is 5.92 Å². The van der Waals surface area contributed by atoms with Gasteiger partial charge in [-0.2, -0.15) is 0 Å². The Kier molecular flexibility index (Phi) is 8.08. The van der Waals surface area contributed by atoms with Crippen LogP contribution >= 0.6 is 0 Å². The Morgan fingerprint density at radius 3 is 2.27 bits per heavy atom. The number of nitrogens with one attached hydrogen (secondary N) is 2. The molecule has 37 heavy (non-hydrogen) atoms. The van der Waals surface area contributed by atoms with E-state index in [-0.39, 0.29) is 24.3 Å². The van der Waals surface area contributed by atoms with Gasteiger partial charge in [0.1, 0.15) is 5.75 Å². The molecule has 1 fully saturated rings. The van der Waals surface area contributed by atoms with E-state index in [0.29, 0.717) is 29.1 Å². The van der Waals surface area contributed by atoms with Crippen LogP contribution in [0.2, 0.25) is 0 Å². The summed E-state index contributed by atoms with van der Waals surface area (Å²) >= 11 is 0. The van der Waals surface area contributed by atoms with Crippen molar-refractivity contribution >= 4 is 23.6 Å². The van der Waals surface area contributed by atoms with Crippen LogP contribution in [-0.2, 0) is 16.1 Å². The Labute approximate surface area is 216 Å². The van der Waals surface area contributed by atoms with Crippen molar-refractivity contribution in [2.75, 3.05) is 19.0 Å². The van der Waals surface area contributed by atoms with Crippen molar-refractivity contribution in [3.63, 3.8) is 0 Å². The number of anilines is 1. The van der Waals surface area contributed by atoms with Gasteiger partial charge in [-0.15, -0.1) is 0 Å². The molecule has 0 saturated carbocycles. The van der Waals surface area contributed by atoms with Gasteiger partial charge >= 0.3 is 6.09 Å². The maximum atomic E-state index is 13.2. The van der Waals surface area contributed by atoms with Crippen LogP contribution in [0, 0.1) is 5.92 Å². The molecule has 3 aromatic rings. The minimum absolute atomic E-state index is 0.256. The van der Waals surface area contributed by atoms with E-state index in [9.17, 15) is 14.4 Å². The zero-order valence-electron chi connectivity index (χ0n) is 21.1. The number of amides is 3. The molecule has 0 aromatic heterocycles. The Hall–Kier alpha value is -4.33. The third kappa shape index (κ3) is 6.27. The van der Waals surface area contributed by atoms with Gasteiger partial charge < -0.3 is 20.1 Å². The standard InChI is InChI=1S/C29H31N3O5/c1-19(2)17-30-28(34)25-26(37-29(35)32(25)18-20-7-5-4-6-8-20)21-9-13-23(14-10-21)31-27(33)22-11-15-24(36-3)16-12-22/h4-16,19,25-26H,17-18H2,1-3H3,(H,30,34)(H,31,33). The van der Waals surface area contributed by atoms with Crippen LogP contribution in [0.25, 0.3) is 0 Å². The summed E-state index contributed by atoms with van der Waals surface area (Å²) in [5.41, 5.74) is 2.64. The maximum absolute atomic E-state index is 13.2. The van der Waals surface area contributed by atoms with Crippen molar-refractivity contribution in [3.05, 3.63) is 95.6 Å². The molecule has 1 aliphatic heterocycles. The fourth-order valence-corrected chi connectivity index (χ4v) is 4.10. The van der Waals surface area contributed by atoms with Gasteiger partial charge in [-0.05, 0) is 53.4 Å². The molecule has 4 rings (SSSR count). The number of ether oxygens (including phenoxy) is 2. The summed E-state index contributed by atoms with van der Waals surface area (Å²) in [5.74, 6) is 0.400. The lowest BCUT2D eigenvalue weighted by Crippen LogP contribution is -2.47. The fourth-order valence-electron chi connectivity index (χ4n) is 4.10. The summed E-state index contributed by atoms with van der Waals surface area (Å²) in [6.07, 6.45) is -1.33. The second-order valence-corrected chi connectivity index (χ2v) is 9.31. The topological polar surface area (TPSA) is 97.0 Å². The average Bonchev–Trinajstić information content (AvgIpc) is 3.24. The van der Waals surface area contributed by atoms with Crippen molar-refractivity contribution in [1.29, 1.82) is 0 Å². The van der Waals surface area contributed by atoms with E-state index in [1.807, 2.05) is 44.2 Å². The predicted molar refractivity (Wildman–Crippen MR) is 140 cm³/mol. The Morgan fingerprint density at radius 1 is 0.973 bits per heavy atom. The highest BCUT2D eigenvalue weighted by Gasteiger charge is 2.46. The molecule has 1 saturated heterocycles. The first-order valence-electron chi connectivity index (χ1n) is 12.2. The van der Waals surface area contributed by atoms with Gasteiger partial charge in [0.2, 0.25) is 5.91 Å². The van der Waals surface area contributed by atoms with Gasteiger partial charge in [-0.25, -0.2) is 4.79 Å². The largest absolute Gasteiger partial charge is 0.497 e. The van der Waals surface area contributed by atoms with Gasteiger partial charge in [0.25, 0.3) is 5.91 Å². The number of nitrogens with zero attached hydrogens (tertiary/aromatic N) is 1. The number of hydrogen-bond donors (Lipinski definition) is 2. The Bertz CT molecular complexity index is 1230. The third-order valence-electron chi connectivity index (χ3n) is 6.08. The second kappa shape index (κ2) is 11.6. The predicted octanol–water partition coefficient (Wildman–Crippen LogP) is 4.78. The van der Waals surface area contributed by atoms with E-state index >= 15 is 0 Å². The molecule has 0 spiro atoms. The summed E-state index contributed by atoms with van der Waals surface area (Å²) in [5, 5.41) is 5.80. The molecular formula is C29H31N3O5. The number of carbonyl (C=O) groups is 3. The van der Waals surface area contributed by atoms with Crippen LogP contribution in [0.4, 0.5) is 10.5 Å². The van der Waals surface area contributed by atoms with Gasteiger partial charge in [-0.3, -0.25) is 14.5 Å². The molecule has 0 radical (unpaired) electrons. The van der Waals surface area contributed by atoms with Crippen LogP contribution in [-0.4, -0.2) is 42.5 Å². The number of hydrogen-bond acceptors (Lipinski definition) is 5. The van der Waals surface area contributed by atoms with Gasteiger partial charge in [-0.1, -0.05) is 56.3 Å². The Balaban J connectivity index is 1.52. The van der Waals surface area contributed by atoms with Crippen LogP contribution in [0.1, 0.15) is 41.4 Å². The van der Waals surface area contributed by atoms with Gasteiger partial charge in [0.15, 0.2) is 12.1 Å². The molecule has 2 unspecified atom stereocenters. The molecule has 2 N–H and O–H groups in total.